The fraction of sp³-hybridized carbons (Fsp3) is 0.550. The fourth-order valence-electron chi connectivity index (χ4n) is 4.05. The number of aromatic nitrogens is 3. The molecule has 2 saturated heterocycles. The van der Waals surface area contributed by atoms with E-state index in [1.807, 2.05) is 19.9 Å². The molecule has 0 saturated carbocycles. The molecule has 0 aliphatic carbocycles. The summed E-state index contributed by atoms with van der Waals surface area (Å²) in [6.07, 6.45) is 5.45. The summed E-state index contributed by atoms with van der Waals surface area (Å²) in [5.74, 6) is -0.0481. The lowest BCUT2D eigenvalue weighted by molar-refractivity contribution is -0.125. The molecule has 9 heteroatoms. The highest BCUT2D eigenvalue weighted by Gasteiger charge is 2.42. The zero-order valence-corrected chi connectivity index (χ0v) is 16.7. The zero-order chi connectivity index (χ0) is 20.4. The van der Waals surface area contributed by atoms with Crippen LogP contribution in [0, 0.1) is 5.92 Å². The molecule has 2 fully saturated rings. The molecule has 0 unspecified atom stereocenters. The predicted molar refractivity (Wildman–Crippen MR) is 105 cm³/mol. The topological polar surface area (TPSA) is 104 Å². The van der Waals surface area contributed by atoms with Gasteiger partial charge in [0.05, 0.1) is 17.8 Å². The van der Waals surface area contributed by atoms with Crippen LogP contribution in [0.1, 0.15) is 48.9 Å². The number of likely N-dealkylation sites (tertiary alicyclic amines) is 1. The Kier molecular flexibility index (Phi) is 5.46. The van der Waals surface area contributed by atoms with Gasteiger partial charge in [0.25, 0.3) is 5.91 Å². The van der Waals surface area contributed by atoms with E-state index in [0.717, 1.165) is 31.6 Å². The van der Waals surface area contributed by atoms with E-state index in [9.17, 15) is 9.59 Å². The molecule has 2 aromatic heterocycles. The Morgan fingerprint density at radius 1 is 1.17 bits per heavy atom. The second-order valence-electron chi connectivity index (χ2n) is 7.94. The van der Waals surface area contributed by atoms with Gasteiger partial charge in [0.2, 0.25) is 17.6 Å². The summed E-state index contributed by atoms with van der Waals surface area (Å²) < 4.78 is 5.02. The number of hydrogen-bond donors (Lipinski definition) is 1. The van der Waals surface area contributed by atoms with E-state index in [2.05, 4.69) is 20.4 Å². The second-order valence-corrected chi connectivity index (χ2v) is 7.94. The molecule has 29 heavy (non-hydrogen) atoms. The molecular weight excluding hydrogens is 372 g/mol. The van der Waals surface area contributed by atoms with Crippen molar-refractivity contribution in [3.8, 4) is 0 Å². The Bertz CT molecular complexity index is 863. The standard InChI is InChI=1S/C20H26N6O3/c1-13(2)23-18(27)15-12-26(19(28)17-6-8-22-29-17)11-14(15)16-5-7-21-20(24-16)25-9-3-4-10-25/h5-8,13-15H,3-4,9-12H2,1-2H3,(H,23,27)/t14-,15-/m1/s1. The Balaban J connectivity index is 1.60. The van der Waals surface area contributed by atoms with Gasteiger partial charge in [-0.05, 0) is 32.8 Å². The molecule has 4 rings (SSSR count). The van der Waals surface area contributed by atoms with Crippen LogP contribution in [0.15, 0.2) is 29.0 Å². The molecule has 2 aromatic rings. The van der Waals surface area contributed by atoms with Crippen LogP contribution in [0.3, 0.4) is 0 Å². The molecule has 4 heterocycles. The minimum atomic E-state index is -0.384. The van der Waals surface area contributed by atoms with E-state index in [4.69, 9.17) is 9.51 Å². The average Bonchev–Trinajstić information content (AvgIpc) is 3.49. The third-order valence-electron chi connectivity index (χ3n) is 5.46. The van der Waals surface area contributed by atoms with Gasteiger partial charge < -0.3 is 19.6 Å². The van der Waals surface area contributed by atoms with E-state index in [-0.39, 0.29) is 35.5 Å². The molecule has 2 amide bonds. The number of carbonyl (C=O) groups is 2. The maximum absolute atomic E-state index is 12.9. The second kappa shape index (κ2) is 8.18. The maximum atomic E-state index is 12.9. The average molecular weight is 398 g/mol. The first-order valence-corrected chi connectivity index (χ1v) is 10.1. The number of amides is 2. The van der Waals surface area contributed by atoms with E-state index >= 15 is 0 Å². The Morgan fingerprint density at radius 2 is 1.97 bits per heavy atom. The quantitative estimate of drug-likeness (QED) is 0.813. The smallest absolute Gasteiger partial charge is 0.292 e. The monoisotopic (exact) mass is 398 g/mol. The van der Waals surface area contributed by atoms with Crippen molar-refractivity contribution in [3.05, 3.63) is 36.0 Å². The molecule has 0 bridgehead atoms. The van der Waals surface area contributed by atoms with Crippen LogP contribution in [-0.4, -0.2) is 64.1 Å². The van der Waals surface area contributed by atoms with Crippen molar-refractivity contribution in [2.24, 2.45) is 5.92 Å². The SMILES string of the molecule is CC(C)NC(=O)[C@@H]1CN(C(=O)c2ccno2)C[C@H]1c1ccnc(N2CCCC2)n1. The molecule has 2 atom stereocenters. The minimum Gasteiger partial charge on any atom is -0.354 e. The van der Waals surface area contributed by atoms with Gasteiger partial charge in [0.15, 0.2) is 0 Å². The zero-order valence-electron chi connectivity index (χ0n) is 16.7. The van der Waals surface area contributed by atoms with Gasteiger partial charge in [-0.25, -0.2) is 9.97 Å². The summed E-state index contributed by atoms with van der Waals surface area (Å²) >= 11 is 0. The van der Waals surface area contributed by atoms with Crippen LogP contribution in [0.25, 0.3) is 0 Å². The van der Waals surface area contributed by atoms with Crippen LogP contribution in [0.2, 0.25) is 0 Å². The molecule has 154 valence electrons. The van der Waals surface area contributed by atoms with Crippen molar-refractivity contribution in [3.63, 3.8) is 0 Å². The van der Waals surface area contributed by atoms with Gasteiger partial charge in [-0.15, -0.1) is 0 Å². The van der Waals surface area contributed by atoms with Crippen molar-refractivity contribution in [1.82, 2.24) is 25.3 Å². The van der Waals surface area contributed by atoms with E-state index in [0.29, 0.717) is 19.0 Å². The first kappa shape index (κ1) is 19.4. The Hall–Kier alpha value is -2.97. The lowest BCUT2D eigenvalue weighted by Gasteiger charge is -2.21. The summed E-state index contributed by atoms with van der Waals surface area (Å²) in [6, 6.07) is 3.41. The summed E-state index contributed by atoms with van der Waals surface area (Å²) in [5.41, 5.74) is 0.790. The number of carbonyl (C=O) groups excluding carboxylic acids is 2. The number of nitrogens with zero attached hydrogens (tertiary/aromatic N) is 5. The Morgan fingerprint density at radius 3 is 2.66 bits per heavy atom. The summed E-state index contributed by atoms with van der Waals surface area (Å²) in [6.45, 7) is 6.45. The van der Waals surface area contributed by atoms with Gasteiger partial charge in [-0.2, -0.15) is 0 Å². The van der Waals surface area contributed by atoms with Crippen LogP contribution >= 0.6 is 0 Å². The molecule has 0 radical (unpaired) electrons. The van der Waals surface area contributed by atoms with Crippen LogP contribution in [-0.2, 0) is 4.79 Å². The maximum Gasteiger partial charge on any atom is 0.292 e. The molecule has 0 spiro atoms. The van der Waals surface area contributed by atoms with Crippen molar-refractivity contribution < 1.29 is 14.1 Å². The minimum absolute atomic E-state index is 0.0211. The first-order chi connectivity index (χ1) is 14.0. The van der Waals surface area contributed by atoms with E-state index in [1.165, 1.54) is 12.3 Å². The molecule has 9 nitrogen and oxygen atoms in total. The third-order valence-corrected chi connectivity index (χ3v) is 5.46. The highest BCUT2D eigenvalue weighted by molar-refractivity contribution is 5.92. The summed E-state index contributed by atoms with van der Waals surface area (Å²) in [7, 11) is 0. The van der Waals surface area contributed by atoms with Crippen molar-refractivity contribution in [1.29, 1.82) is 0 Å². The normalized spacial score (nSPS) is 21.8. The van der Waals surface area contributed by atoms with Crippen LogP contribution < -0.4 is 10.2 Å². The molecule has 2 aliphatic rings. The highest BCUT2D eigenvalue weighted by atomic mass is 16.5. The van der Waals surface area contributed by atoms with E-state index in [1.54, 1.807) is 11.1 Å². The number of rotatable bonds is 5. The largest absolute Gasteiger partial charge is 0.354 e. The van der Waals surface area contributed by atoms with Crippen LogP contribution in [0.4, 0.5) is 5.95 Å². The summed E-state index contributed by atoms with van der Waals surface area (Å²) in [4.78, 5) is 38.7. The lowest BCUT2D eigenvalue weighted by atomic mass is 9.91. The van der Waals surface area contributed by atoms with Gasteiger partial charge >= 0.3 is 0 Å². The van der Waals surface area contributed by atoms with Gasteiger partial charge in [-0.3, -0.25) is 9.59 Å². The molecule has 0 aromatic carbocycles. The lowest BCUT2D eigenvalue weighted by Crippen LogP contribution is -2.39. The van der Waals surface area contributed by atoms with Gasteiger partial charge in [0.1, 0.15) is 0 Å². The van der Waals surface area contributed by atoms with Gasteiger partial charge in [-0.1, -0.05) is 5.16 Å². The van der Waals surface area contributed by atoms with Crippen LogP contribution in [0.5, 0.6) is 0 Å². The first-order valence-electron chi connectivity index (χ1n) is 10.1. The third kappa shape index (κ3) is 4.08. The fourth-order valence-corrected chi connectivity index (χ4v) is 4.05. The molecular formula is C20H26N6O3. The van der Waals surface area contributed by atoms with Crippen molar-refractivity contribution >= 4 is 17.8 Å². The number of nitrogens with one attached hydrogen (secondary N) is 1. The number of anilines is 1. The van der Waals surface area contributed by atoms with E-state index < -0.39 is 0 Å². The molecule has 1 N–H and O–H groups in total. The Labute approximate surface area is 169 Å². The van der Waals surface area contributed by atoms with Crippen molar-refractivity contribution in [2.75, 3.05) is 31.1 Å². The summed E-state index contributed by atoms with van der Waals surface area (Å²) in [5, 5.41) is 6.60. The highest BCUT2D eigenvalue weighted by Crippen LogP contribution is 2.33. The molecule has 2 aliphatic heterocycles. The number of hydrogen-bond acceptors (Lipinski definition) is 7. The van der Waals surface area contributed by atoms with Gasteiger partial charge in [0, 0.05) is 50.4 Å². The van der Waals surface area contributed by atoms with Crippen molar-refractivity contribution in [2.45, 2.75) is 38.6 Å². The predicted octanol–water partition coefficient (Wildman–Crippen LogP) is 1.45.